The summed E-state index contributed by atoms with van der Waals surface area (Å²) in [5.41, 5.74) is 2.21. The maximum absolute atomic E-state index is 13.4. The quantitative estimate of drug-likeness (QED) is 0.594. The van der Waals surface area contributed by atoms with Crippen molar-refractivity contribution in [1.82, 2.24) is 20.2 Å². The van der Waals surface area contributed by atoms with Gasteiger partial charge in [-0.25, -0.2) is 4.98 Å². The Hall–Kier alpha value is -2.94. The lowest BCUT2D eigenvalue weighted by Gasteiger charge is -2.21. The molecular weight excluding hydrogens is 422 g/mol. The summed E-state index contributed by atoms with van der Waals surface area (Å²) in [5.74, 6) is -0.523. The van der Waals surface area contributed by atoms with Crippen LogP contribution in [0.5, 0.6) is 0 Å². The molecule has 0 bridgehead atoms. The Kier molecular flexibility index (Phi) is 7.59. The van der Waals surface area contributed by atoms with Gasteiger partial charge in [0.05, 0.1) is 29.5 Å². The Morgan fingerprint density at radius 3 is 2.73 bits per heavy atom. The Labute approximate surface area is 193 Å². The highest BCUT2D eigenvalue weighted by molar-refractivity contribution is 6.08. The lowest BCUT2D eigenvalue weighted by atomic mass is 9.88. The first-order valence-corrected chi connectivity index (χ1v) is 11.9. The average molecular weight is 456 g/mol. The van der Waals surface area contributed by atoms with E-state index in [-0.39, 0.29) is 23.6 Å². The first-order valence-electron chi connectivity index (χ1n) is 11.9. The van der Waals surface area contributed by atoms with E-state index >= 15 is 0 Å². The molecule has 2 fully saturated rings. The van der Waals surface area contributed by atoms with Crippen LogP contribution in [0.4, 0.5) is 5.69 Å². The summed E-state index contributed by atoms with van der Waals surface area (Å²) < 4.78 is 7.07. The summed E-state index contributed by atoms with van der Waals surface area (Å²) in [5, 5.41) is 8.75. The fourth-order valence-electron chi connectivity index (χ4n) is 4.74. The second kappa shape index (κ2) is 10.8. The van der Waals surface area contributed by atoms with Crippen molar-refractivity contribution in [2.75, 3.05) is 25.6 Å². The van der Waals surface area contributed by atoms with Gasteiger partial charge in [0.2, 0.25) is 11.8 Å². The molecule has 9 heteroatoms. The van der Waals surface area contributed by atoms with Gasteiger partial charge in [0.25, 0.3) is 5.91 Å². The van der Waals surface area contributed by atoms with Crippen molar-refractivity contribution in [3.8, 4) is 0 Å². The van der Waals surface area contributed by atoms with E-state index in [1.54, 1.807) is 25.6 Å². The number of anilines is 1. The number of aromatic nitrogens is 2. The topological polar surface area (TPSA) is 114 Å². The molecule has 9 nitrogen and oxygen atoms in total. The molecule has 1 aliphatic heterocycles. The SMILES string of the molecule is COCCn1cnc2cc(NC(=O)C3CCCCC3)cc(C(=O)N[C@H]3CCCCNC3=O)c21. The Morgan fingerprint density at radius 2 is 1.94 bits per heavy atom. The molecule has 1 saturated heterocycles. The van der Waals surface area contributed by atoms with Gasteiger partial charge in [0, 0.05) is 31.8 Å². The van der Waals surface area contributed by atoms with E-state index in [1.165, 1.54) is 6.42 Å². The van der Waals surface area contributed by atoms with E-state index in [2.05, 4.69) is 20.9 Å². The van der Waals surface area contributed by atoms with Gasteiger partial charge in [-0.15, -0.1) is 0 Å². The number of imidazole rings is 1. The average Bonchev–Trinajstić information content (AvgIpc) is 3.13. The summed E-state index contributed by atoms with van der Waals surface area (Å²) in [7, 11) is 1.62. The number of nitrogens with zero attached hydrogens (tertiary/aromatic N) is 2. The van der Waals surface area contributed by atoms with E-state index < -0.39 is 6.04 Å². The number of hydrogen-bond acceptors (Lipinski definition) is 5. The zero-order valence-electron chi connectivity index (χ0n) is 19.2. The maximum Gasteiger partial charge on any atom is 0.254 e. The van der Waals surface area contributed by atoms with Gasteiger partial charge >= 0.3 is 0 Å². The van der Waals surface area contributed by atoms with Crippen molar-refractivity contribution in [2.45, 2.75) is 64.0 Å². The zero-order chi connectivity index (χ0) is 23.2. The normalized spacial score (nSPS) is 19.7. The lowest BCUT2D eigenvalue weighted by molar-refractivity contribution is -0.122. The molecule has 1 aromatic carbocycles. The number of fused-ring (bicyclic) bond motifs is 1. The number of rotatable bonds is 7. The van der Waals surface area contributed by atoms with Crippen molar-refractivity contribution in [3.63, 3.8) is 0 Å². The predicted octanol–water partition coefficient (Wildman–Crippen LogP) is 2.60. The molecule has 2 heterocycles. The molecule has 2 aromatic rings. The van der Waals surface area contributed by atoms with E-state index in [4.69, 9.17) is 4.74 Å². The molecule has 3 N–H and O–H groups in total. The van der Waals surface area contributed by atoms with E-state index in [0.29, 0.717) is 48.4 Å². The second-order valence-corrected chi connectivity index (χ2v) is 8.96. The molecule has 3 amide bonds. The van der Waals surface area contributed by atoms with E-state index in [0.717, 1.165) is 38.5 Å². The van der Waals surface area contributed by atoms with Gasteiger partial charge in [-0.3, -0.25) is 14.4 Å². The second-order valence-electron chi connectivity index (χ2n) is 8.96. The molecule has 33 heavy (non-hydrogen) atoms. The van der Waals surface area contributed by atoms with Crippen molar-refractivity contribution in [1.29, 1.82) is 0 Å². The molecular formula is C24H33N5O4. The van der Waals surface area contributed by atoms with Crippen molar-refractivity contribution < 1.29 is 19.1 Å². The molecule has 1 aliphatic carbocycles. The third kappa shape index (κ3) is 5.52. The minimum absolute atomic E-state index is 0.000619. The van der Waals surface area contributed by atoms with Crippen LogP contribution in [-0.4, -0.2) is 53.6 Å². The molecule has 1 aromatic heterocycles. The Bertz CT molecular complexity index is 1010. The largest absolute Gasteiger partial charge is 0.383 e. The predicted molar refractivity (Wildman–Crippen MR) is 125 cm³/mol. The van der Waals surface area contributed by atoms with Gasteiger partial charge in [0.15, 0.2) is 0 Å². The highest BCUT2D eigenvalue weighted by Gasteiger charge is 2.26. The number of nitrogens with one attached hydrogen (secondary N) is 3. The number of amides is 3. The van der Waals surface area contributed by atoms with E-state index in [1.807, 2.05) is 4.57 Å². The van der Waals surface area contributed by atoms with Crippen LogP contribution in [-0.2, 0) is 20.9 Å². The standard InChI is InChI=1S/C24H33N5O4/c1-33-12-11-29-15-26-20-14-17(27-22(30)16-7-3-2-4-8-16)13-18(21(20)29)23(31)28-19-9-5-6-10-25-24(19)32/h13-16,19H,2-12H2,1H3,(H,25,32)(H,27,30)(H,28,31)/t19-/m0/s1. The van der Waals surface area contributed by atoms with Crippen LogP contribution in [0, 0.1) is 5.92 Å². The molecule has 2 aliphatic rings. The van der Waals surface area contributed by atoms with Crippen LogP contribution < -0.4 is 16.0 Å². The third-order valence-electron chi connectivity index (χ3n) is 6.58. The molecule has 178 valence electrons. The number of carbonyl (C=O) groups excluding carboxylic acids is 3. The monoisotopic (exact) mass is 455 g/mol. The van der Waals surface area contributed by atoms with Crippen molar-refractivity contribution >= 4 is 34.4 Å². The van der Waals surface area contributed by atoms with Crippen molar-refractivity contribution in [2.24, 2.45) is 5.92 Å². The van der Waals surface area contributed by atoms with Crippen LogP contribution in [0.15, 0.2) is 18.5 Å². The number of methoxy groups -OCH3 is 1. The molecule has 4 rings (SSSR count). The van der Waals surface area contributed by atoms with Crippen LogP contribution in [0.2, 0.25) is 0 Å². The van der Waals surface area contributed by atoms with Crippen LogP contribution >= 0.6 is 0 Å². The smallest absolute Gasteiger partial charge is 0.254 e. The molecule has 0 unspecified atom stereocenters. The number of carbonyl (C=O) groups is 3. The summed E-state index contributed by atoms with van der Waals surface area (Å²) in [4.78, 5) is 43.0. The maximum atomic E-state index is 13.4. The van der Waals surface area contributed by atoms with Gasteiger partial charge in [-0.1, -0.05) is 19.3 Å². The molecule has 1 saturated carbocycles. The summed E-state index contributed by atoms with van der Waals surface area (Å²) in [6.45, 7) is 1.63. The van der Waals surface area contributed by atoms with Gasteiger partial charge in [0.1, 0.15) is 6.04 Å². The van der Waals surface area contributed by atoms with Gasteiger partial charge < -0.3 is 25.3 Å². The van der Waals surface area contributed by atoms with Gasteiger partial charge in [-0.05, 0) is 44.2 Å². The highest BCUT2D eigenvalue weighted by atomic mass is 16.5. The Morgan fingerprint density at radius 1 is 1.15 bits per heavy atom. The summed E-state index contributed by atoms with van der Waals surface area (Å²) in [6.07, 6.45) is 9.13. The van der Waals surface area contributed by atoms with Crippen molar-refractivity contribution in [3.05, 3.63) is 24.0 Å². The molecule has 1 atom stereocenters. The number of ether oxygens (including phenoxy) is 1. The highest BCUT2D eigenvalue weighted by Crippen LogP contribution is 2.28. The molecule has 0 spiro atoms. The first-order chi connectivity index (χ1) is 16.1. The summed E-state index contributed by atoms with van der Waals surface area (Å²) in [6, 6.07) is 2.91. The first kappa shape index (κ1) is 23.2. The third-order valence-corrected chi connectivity index (χ3v) is 6.58. The number of hydrogen-bond donors (Lipinski definition) is 3. The zero-order valence-corrected chi connectivity index (χ0v) is 19.2. The summed E-state index contributed by atoms with van der Waals surface area (Å²) >= 11 is 0. The molecule has 0 radical (unpaired) electrons. The van der Waals surface area contributed by atoms with Gasteiger partial charge in [-0.2, -0.15) is 0 Å². The Balaban J connectivity index is 1.63. The number of benzene rings is 1. The van der Waals surface area contributed by atoms with Crippen LogP contribution in [0.25, 0.3) is 11.0 Å². The minimum Gasteiger partial charge on any atom is -0.383 e. The fraction of sp³-hybridized carbons (Fsp3) is 0.583. The van der Waals surface area contributed by atoms with E-state index in [9.17, 15) is 14.4 Å². The fourth-order valence-corrected chi connectivity index (χ4v) is 4.74. The minimum atomic E-state index is -0.578. The van der Waals surface area contributed by atoms with Crippen LogP contribution in [0.1, 0.15) is 61.7 Å². The lowest BCUT2D eigenvalue weighted by Crippen LogP contribution is -2.45. The van der Waals surface area contributed by atoms with Crippen LogP contribution in [0.3, 0.4) is 0 Å².